The standard InChI is InChI=1S/C18H18N2O3/c1-12-6-5-7-13(10-12)19-14-11-17(21)20(18(14)22)15-8-3-4-9-16(15)23-2/h3-10,14,19H,11H2,1-2H3/t14-/m1/s1. The molecule has 1 aliphatic heterocycles. The molecule has 2 aromatic carbocycles. The summed E-state index contributed by atoms with van der Waals surface area (Å²) in [7, 11) is 1.52. The number of amides is 2. The Labute approximate surface area is 134 Å². The van der Waals surface area contributed by atoms with E-state index < -0.39 is 6.04 Å². The number of aryl methyl sites for hydroxylation is 1. The molecule has 1 fully saturated rings. The van der Waals surface area contributed by atoms with E-state index in [-0.39, 0.29) is 18.2 Å². The molecule has 2 amide bonds. The molecule has 2 aromatic rings. The van der Waals surface area contributed by atoms with E-state index in [1.165, 1.54) is 12.0 Å². The van der Waals surface area contributed by atoms with Crippen molar-refractivity contribution in [2.45, 2.75) is 19.4 Å². The summed E-state index contributed by atoms with van der Waals surface area (Å²) in [6.45, 7) is 1.98. The van der Waals surface area contributed by atoms with Crippen LogP contribution in [-0.2, 0) is 9.59 Å². The highest BCUT2D eigenvalue weighted by molar-refractivity contribution is 6.23. The topological polar surface area (TPSA) is 58.6 Å². The molecule has 1 saturated heterocycles. The largest absolute Gasteiger partial charge is 0.495 e. The van der Waals surface area contributed by atoms with E-state index in [1.54, 1.807) is 24.3 Å². The van der Waals surface area contributed by atoms with Gasteiger partial charge in [-0.25, -0.2) is 4.90 Å². The summed E-state index contributed by atoms with van der Waals surface area (Å²) in [5.74, 6) is 0.0102. The van der Waals surface area contributed by atoms with Gasteiger partial charge in [0, 0.05) is 5.69 Å². The molecule has 0 saturated carbocycles. The Morgan fingerprint density at radius 3 is 2.65 bits per heavy atom. The Hall–Kier alpha value is -2.82. The van der Waals surface area contributed by atoms with Crippen molar-refractivity contribution in [3.63, 3.8) is 0 Å². The molecule has 1 atom stereocenters. The smallest absolute Gasteiger partial charge is 0.256 e. The molecule has 1 heterocycles. The number of carbonyl (C=O) groups is 2. The normalized spacial score (nSPS) is 17.5. The van der Waals surface area contributed by atoms with Crippen molar-refractivity contribution in [2.75, 3.05) is 17.3 Å². The van der Waals surface area contributed by atoms with Gasteiger partial charge in [-0.3, -0.25) is 9.59 Å². The average Bonchev–Trinajstić information content (AvgIpc) is 2.81. The quantitative estimate of drug-likeness (QED) is 0.882. The molecule has 118 valence electrons. The molecule has 3 rings (SSSR count). The summed E-state index contributed by atoms with van der Waals surface area (Å²) in [5.41, 5.74) is 2.41. The second kappa shape index (κ2) is 6.12. The van der Waals surface area contributed by atoms with Crippen LogP contribution in [0.1, 0.15) is 12.0 Å². The minimum absolute atomic E-state index is 0.130. The number of ether oxygens (including phenoxy) is 1. The number of para-hydroxylation sites is 2. The molecule has 1 aliphatic rings. The summed E-state index contributed by atoms with van der Waals surface area (Å²) in [4.78, 5) is 26.2. The molecule has 0 spiro atoms. The fraction of sp³-hybridized carbons (Fsp3) is 0.222. The van der Waals surface area contributed by atoms with E-state index in [0.717, 1.165) is 11.3 Å². The Morgan fingerprint density at radius 1 is 1.13 bits per heavy atom. The van der Waals surface area contributed by atoms with Crippen LogP contribution in [0, 0.1) is 6.92 Å². The zero-order chi connectivity index (χ0) is 16.4. The maximum absolute atomic E-state index is 12.7. The van der Waals surface area contributed by atoms with Crippen LogP contribution in [0.2, 0.25) is 0 Å². The van der Waals surface area contributed by atoms with Gasteiger partial charge in [-0.1, -0.05) is 24.3 Å². The van der Waals surface area contributed by atoms with Gasteiger partial charge in [0.25, 0.3) is 5.91 Å². The average molecular weight is 310 g/mol. The number of imide groups is 1. The van der Waals surface area contributed by atoms with Gasteiger partial charge in [-0.15, -0.1) is 0 Å². The van der Waals surface area contributed by atoms with Crippen LogP contribution in [0.5, 0.6) is 5.75 Å². The SMILES string of the molecule is COc1ccccc1N1C(=O)C[C@@H](Nc2cccc(C)c2)C1=O. The number of methoxy groups -OCH3 is 1. The van der Waals surface area contributed by atoms with Crippen molar-refractivity contribution >= 4 is 23.2 Å². The molecule has 0 aromatic heterocycles. The molecule has 5 nitrogen and oxygen atoms in total. The highest BCUT2D eigenvalue weighted by Gasteiger charge is 2.40. The number of rotatable bonds is 4. The molecule has 1 N–H and O–H groups in total. The first kappa shape index (κ1) is 15.1. The predicted molar refractivity (Wildman–Crippen MR) is 88.7 cm³/mol. The van der Waals surface area contributed by atoms with Crippen molar-refractivity contribution in [2.24, 2.45) is 0 Å². The van der Waals surface area contributed by atoms with Gasteiger partial charge in [0.2, 0.25) is 5.91 Å². The van der Waals surface area contributed by atoms with Crippen molar-refractivity contribution in [1.29, 1.82) is 0 Å². The molecule has 5 heteroatoms. The van der Waals surface area contributed by atoms with Gasteiger partial charge in [-0.2, -0.15) is 0 Å². The van der Waals surface area contributed by atoms with Crippen LogP contribution in [0.3, 0.4) is 0 Å². The van der Waals surface area contributed by atoms with Crippen LogP contribution in [-0.4, -0.2) is 25.0 Å². The van der Waals surface area contributed by atoms with Crippen molar-refractivity contribution in [1.82, 2.24) is 0 Å². The lowest BCUT2D eigenvalue weighted by molar-refractivity contribution is -0.121. The molecule has 0 radical (unpaired) electrons. The number of anilines is 2. The highest BCUT2D eigenvalue weighted by Crippen LogP contribution is 2.32. The molecule has 0 unspecified atom stereocenters. The summed E-state index contributed by atoms with van der Waals surface area (Å²) in [6.07, 6.45) is 0.130. The Morgan fingerprint density at radius 2 is 1.91 bits per heavy atom. The monoisotopic (exact) mass is 310 g/mol. The summed E-state index contributed by atoms with van der Waals surface area (Å²) < 4.78 is 5.26. The first-order chi connectivity index (χ1) is 11.1. The molecule has 23 heavy (non-hydrogen) atoms. The summed E-state index contributed by atoms with van der Waals surface area (Å²) in [6, 6.07) is 14.2. The van der Waals surface area contributed by atoms with Crippen molar-refractivity contribution in [3.8, 4) is 5.75 Å². The van der Waals surface area contributed by atoms with E-state index >= 15 is 0 Å². The number of benzene rings is 2. The zero-order valence-corrected chi connectivity index (χ0v) is 13.1. The van der Waals surface area contributed by atoms with E-state index in [0.29, 0.717) is 11.4 Å². The van der Waals surface area contributed by atoms with Crippen LogP contribution in [0.25, 0.3) is 0 Å². The van der Waals surface area contributed by atoms with Crippen LogP contribution >= 0.6 is 0 Å². The van der Waals surface area contributed by atoms with E-state index in [1.807, 2.05) is 31.2 Å². The van der Waals surface area contributed by atoms with Gasteiger partial charge >= 0.3 is 0 Å². The molecular formula is C18H18N2O3. The lowest BCUT2D eigenvalue weighted by Crippen LogP contribution is -2.35. The third-order valence-electron chi connectivity index (χ3n) is 3.83. The van der Waals surface area contributed by atoms with E-state index in [2.05, 4.69) is 5.32 Å². The fourth-order valence-corrected chi connectivity index (χ4v) is 2.75. The number of carbonyl (C=O) groups excluding carboxylic acids is 2. The third-order valence-corrected chi connectivity index (χ3v) is 3.83. The Balaban J connectivity index is 1.85. The number of nitrogens with one attached hydrogen (secondary N) is 1. The number of hydrogen-bond acceptors (Lipinski definition) is 4. The van der Waals surface area contributed by atoms with Gasteiger partial charge in [-0.05, 0) is 36.8 Å². The first-order valence-corrected chi connectivity index (χ1v) is 7.43. The lowest BCUT2D eigenvalue weighted by Gasteiger charge is -2.18. The molecule has 0 bridgehead atoms. The van der Waals surface area contributed by atoms with E-state index in [9.17, 15) is 9.59 Å². The highest BCUT2D eigenvalue weighted by atomic mass is 16.5. The molecular weight excluding hydrogens is 292 g/mol. The van der Waals surface area contributed by atoms with Gasteiger partial charge < -0.3 is 10.1 Å². The minimum Gasteiger partial charge on any atom is -0.495 e. The van der Waals surface area contributed by atoms with E-state index in [4.69, 9.17) is 4.74 Å². The number of hydrogen-bond donors (Lipinski definition) is 1. The van der Waals surface area contributed by atoms with Gasteiger partial charge in [0.1, 0.15) is 11.8 Å². The second-order valence-electron chi connectivity index (χ2n) is 5.51. The van der Waals surface area contributed by atoms with Crippen LogP contribution in [0.15, 0.2) is 48.5 Å². The number of nitrogens with zero attached hydrogens (tertiary/aromatic N) is 1. The summed E-state index contributed by atoms with van der Waals surface area (Å²) in [5, 5.41) is 3.15. The Bertz CT molecular complexity index is 757. The van der Waals surface area contributed by atoms with Crippen molar-refractivity contribution in [3.05, 3.63) is 54.1 Å². The second-order valence-corrected chi connectivity index (χ2v) is 5.51. The minimum atomic E-state index is -0.561. The van der Waals surface area contributed by atoms with Crippen LogP contribution in [0.4, 0.5) is 11.4 Å². The lowest BCUT2D eigenvalue weighted by atomic mass is 10.2. The third kappa shape index (κ3) is 2.90. The summed E-state index contributed by atoms with van der Waals surface area (Å²) >= 11 is 0. The van der Waals surface area contributed by atoms with Crippen molar-refractivity contribution < 1.29 is 14.3 Å². The predicted octanol–water partition coefficient (Wildman–Crippen LogP) is 2.75. The fourth-order valence-electron chi connectivity index (χ4n) is 2.75. The van der Waals surface area contributed by atoms with Gasteiger partial charge in [0.15, 0.2) is 0 Å². The van der Waals surface area contributed by atoms with Crippen LogP contribution < -0.4 is 15.0 Å². The maximum atomic E-state index is 12.7. The zero-order valence-electron chi connectivity index (χ0n) is 13.1. The molecule has 0 aliphatic carbocycles. The Kier molecular flexibility index (Phi) is 4.02. The van der Waals surface area contributed by atoms with Gasteiger partial charge in [0.05, 0.1) is 19.2 Å². The maximum Gasteiger partial charge on any atom is 0.256 e. The first-order valence-electron chi connectivity index (χ1n) is 7.43.